The summed E-state index contributed by atoms with van der Waals surface area (Å²) in [5.74, 6) is 0. The largest absolute Gasteiger partial charge is 0.364 e. The molecule has 2 N–H and O–H groups in total. The number of nitrogens with one attached hydrogen (secondary N) is 2. The van der Waals surface area contributed by atoms with Crippen LogP contribution in [0.1, 0.15) is 23.1 Å². The fraction of sp³-hybridized carbons (Fsp3) is 0.286. The van der Waals surface area contributed by atoms with Crippen LogP contribution < -0.4 is 5.32 Å². The number of rotatable bonds is 2. The van der Waals surface area contributed by atoms with Crippen LogP contribution in [0.4, 0.5) is 4.79 Å². The topological polar surface area (TPSA) is 57.4 Å². The summed E-state index contributed by atoms with van der Waals surface area (Å²) in [6.45, 7) is 2.48. The normalized spacial score (nSPS) is 21.5. The Balaban J connectivity index is 1.28. The number of carbonyl (C=O) groups is 1. The molecule has 1 unspecified atom stereocenters. The summed E-state index contributed by atoms with van der Waals surface area (Å²) in [5.41, 5.74) is 4.34. The minimum Gasteiger partial charge on any atom is -0.364 e. The Labute approximate surface area is 152 Å². The van der Waals surface area contributed by atoms with E-state index in [4.69, 9.17) is 4.74 Å². The van der Waals surface area contributed by atoms with Gasteiger partial charge < -0.3 is 19.9 Å². The lowest BCUT2D eigenvalue weighted by Crippen LogP contribution is -2.40. The molecule has 3 aromatic rings. The lowest BCUT2D eigenvalue weighted by molar-refractivity contribution is -0.0272. The van der Waals surface area contributed by atoms with Gasteiger partial charge >= 0.3 is 6.03 Å². The van der Waals surface area contributed by atoms with E-state index >= 15 is 0 Å². The Kier molecular flexibility index (Phi) is 3.50. The number of aromatic amines is 1. The van der Waals surface area contributed by atoms with E-state index < -0.39 is 0 Å². The Bertz CT molecular complexity index is 980. The first-order valence-electron chi connectivity index (χ1n) is 9.05. The number of hydrogen-bond donors (Lipinski definition) is 2. The highest BCUT2D eigenvalue weighted by molar-refractivity contribution is 5.83. The first kappa shape index (κ1) is 15.5. The number of hydrogen-bond acceptors (Lipinski definition) is 2. The third-order valence-corrected chi connectivity index (χ3v) is 5.63. The number of fused-ring (bicyclic) bond motifs is 3. The first-order valence-corrected chi connectivity index (χ1v) is 9.05. The number of ether oxygens (including phenoxy) is 1. The number of likely N-dealkylation sites (tertiary alicyclic amines) is 1. The van der Waals surface area contributed by atoms with Gasteiger partial charge in [-0.1, -0.05) is 42.5 Å². The number of carbonyl (C=O) groups excluding carboxylic acids is 1. The maximum atomic E-state index is 12.7. The van der Waals surface area contributed by atoms with Crippen molar-refractivity contribution >= 4 is 16.9 Å². The van der Waals surface area contributed by atoms with Crippen LogP contribution in [0.15, 0.2) is 54.7 Å². The number of aromatic nitrogens is 1. The summed E-state index contributed by atoms with van der Waals surface area (Å²) >= 11 is 0. The molecule has 1 fully saturated rings. The maximum absolute atomic E-state index is 12.7. The maximum Gasteiger partial charge on any atom is 0.317 e. The van der Waals surface area contributed by atoms with Gasteiger partial charge in [-0.15, -0.1) is 0 Å². The molecule has 1 saturated heterocycles. The van der Waals surface area contributed by atoms with Crippen LogP contribution in [0.3, 0.4) is 0 Å². The Morgan fingerprint density at radius 3 is 3.08 bits per heavy atom. The van der Waals surface area contributed by atoms with Gasteiger partial charge in [0, 0.05) is 25.7 Å². The molecule has 1 aromatic heterocycles. The van der Waals surface area contributed by atoms with Crippen LogP contribution in [0.5, 0.6) is 0 Å². The molecule has 2 aliphatic rings. The molecule has 5 nitrogen and oxygen atoms in total. The molecule has 3 heterocycles. The molecule has 132 valence electrons. The fourth-order valence-corrected chi connectivity index (χ4v) is 4.26. The smallest absolute Gasteiger partial charge is 0.317 e. The van der Waals surface area contributed by atoms with Crippen LogP contribution in [0.2, 0.25) is 0 Å². The lowest BCUT2D eigenvalue weighted by Gasteiger charge is -2.25. The summed E-state index contributed by atoms with van der Waals surface area (Å²) in [5, 5.41) is 4.22. The van der Waals surface area contributed by atoms with E-state index in [-0.39, 0.29) is 11.6 Å². The summed E-state index contributed by atoms with van der Waals surface area (Å²) < 4.78 is 6.14. The SMILES string of the molecule is O=C(NCc1cccc2cc[nH]c12)N1CCC2(C1)OCc1ccccc12. The van der Waals surface area contributed by atoms with Crippen molar-refractivity contribution in [1.82, 2.24) is 15.2 Å². The monoisotopic (exact) mass is 347 g/mol. The Morgan fingerprint density at radius 2 is 2.12 bits per heavy atom. The minimum atomic E-state index is -0.326. The second kappa shape index (κ2) is 5.88. The zero-order valence-electron chi connectivity index (χ0n) is 14.5. The molecule has 2 amide bonds. The van der Waals surface area contributed by atoms with Crippen LogP contribution in [0, 0.1) is 0 Å². The van der Waals surface area contributed by atoms with Crippen LogP contribution in [-0.2, 0) is 23.5 Å². The highest BCUT2D eigenvalue weighted by atomic mass is 16.5. The molecule has 2 aliphatic heterocycles. The molecule has 5 rings (SSSR count). The first-order chi connectivity index (χ1) is 12.8. The lowest BCUT2D eigenvalue weighted by atomic mass is 9.92. The van der Waals surface area contributed by atoms with Gasteiger partial charge in [0.2, 0.25) is 0 Å². The number of amides is 2. The molecule has 0 bridgehead atoms. The second-order valence-corrected chi connectivity index (χ2v) is 7.13. The van der Waals surface area contributed by atoms with E-state index in [1.165, 1.54) is 11.1 Å². The molecular weight excluding hydrogens is 326 g/mol. The Morgan fingerprint density at radius 1 is 1.19 bits per heavy atom. The van der Waals surface area contributed by atoms with E-state index in [1.807, 2.05) is 35.4 Å². The summed E-state index contributed by atoms with van der Waals surface area (Å²) in [4.78, 5) is 17.8. The van der Waals surface area contributed by atoms with E-state index in [0.29, 0.717) is 26.2 Å². The van der Waals surface area contributed by atoms with E-state index in [1.54, 1.807) is 0 Å². The van der Waals surface area contributed by atoms with Crippen molar-refractivity contribution in [3.05, 3.63) is 71.4 Å². The zero-order chi connectivity index (χ0) is 17.6. The van der Waals surface area contributed by atoms with Gasteiger partial charge in [0.1, 0.15) is 5.60 Å². The molecular formula is C21H21N3O2. The third kappa shape index (κ3) is 2.39. The standard InChI is InChI=1S/C21H21N3O2/c25-20(23-12-16-6-3-5-15-8-10-22-19(15)16)24-11-9-21(14-24)18-7-2-1-4-17(18)13-26-21/h1-8,10,22H,9,11-14H2,(H,23,25). The van der Waals surface area contributed by atoms with Crippen molar-refractivity contribution in [2.24, 2.45) is 0 Å². The highest BCUT2D eigenvalue weighted by Crippen LogP contribution is 2.43. The van der Waals surface area contributed by atoms with Gasteiger partial charge in [-0.05, 0) is 28.1 Å². The van der Waals surface area contributed by atoms with Gasteiger partial charge in [-0.25, -0.2) is 4.79 Å². The molecule has 26 heavy (non-hydrogen) atoms. The molecule has 5 heteroatoms. The van der Waals surface area contributed by atoms with Gasteiger partial charge in [0.25, 0.3) is 0 Å². The number of urea groups is 1. The van der Waals surface area contributed by atoms with Crippen molar-refractivity contribution in [2.75, 3.05) is 13.1 Å². The fourth-order valence-electron chi connectivity index (χ4n) is 4.26. The van der Waals surface area contributed by atoms with Crippen molar-refractivity contribution in [1.29, 1.82) is 0 Å². The molecule has 1 atom stereocenters. The van der Waals surface area contributed by atoms with Crippen molar-refractivity contribution < 1.29 is 9.53 Å². The zero-order valence-corrected chi connectivity index (χ0v) is 14.5. The highest BCUT2D eigenvalue weighted by Gasteiger charge is 2.46. The van der Waals surface area contributed by atoms with Crippen molar-refractivity contribution in [2.45, 2.75) is 25.2 Å². The summed E-state index contributed by atoms with van der Waals surface area (Å²) in [6, 6.07) is 16.5. The van der Waals surface area contributed by atoms with E-state index in [2.05, 4.69) is 34.6 Å². The predicted molar refractivity (Wildman–Crippen MR) is 99.6 cm³/mol. The van der Waals surface area contributed by atoms with Crippen LogP contribution in [-0.4, -0.2) is 29.0 Å². The van der Waals surface area contributed by atoms with Crippen LogP contribution >= 0.6 is 0 Å². The molecule has 0 aliphatic carbocycles. The van der Waals surface area contributed by atoms with Crippen molar-refractivity contribution in [3.63, 3.8) is 0 Å². The van der Waals surface area contributed by atoms with Gasteiger partial charge in [0.05, 0.1) is 18.7 Å². The molecule has 0 radical (unpaired) electrons. The number of H-pyrrole nitrogens is 1. The second-order valence-electron chi connectivity index (χ2n) is 7.13. The van der Waals surface area contributed by atoms with Crippen molar-refractivity contribution in [3.8, 4) is 0 Å². The van der Waals surface area contributed by atoms with Gasteiger partial charge in [-0.2, -0.15) is 0 Å². The summed E-state index contributed by atoms with van der Waals surface area (Å²) in [6.07, 6.45) is 2.78. The minimum absolute atomic E-state index is 0.0292. The molecule has 2 aromatic carbocycles. The van der Waals surface area contributed by atoms with Gasteiger partial charge in [0.15, 0.2) is 0 Å². The summed E-state index contributed by atoms with van der Waals surface area (Å²) in [7, 11) is 0. The van der Waals surface area contributed by atoms with E-state index in [0.717, 1.165) is 22.9 Å². The Hall–Kier alpha value is -2.79. The quantitative estimate of drug-likeness (QED) is 0.745. The number of nitrogens with zero attached hydrogens (tertiary/aromatic N) is 1. The molecule has 1 spiro atoms. The average molecular weight is 347 g/mol. The predicted octanol–water partition coefficient (Wildman–Crippen LogP) is 3.51. The third-order valence-electron chi connectivity index (χ3n) is 5.63. The number of para-hydroxylation sites is 1. The van der Waals surface area contributed by atoms with Crippen LogP contribution in [0.25, 0.3) is 10.9 Å². The number of benzene rings is 2. The van der Waals surface area contributed by atoms with E-state index in [9.17, 15) is 4.79 Å². The molecule has 0 saturated carbocycles. The average Bonchev–Trinajstić information content (AvgIpc) is 3.40. The van der Waals surface area contributed by atoms with Gasteiger partial charge in [-0.3, -0.25) is 0 Å².